The number of nitrogens with one attached hydrogen (secondary N) is 10. The number of thiol groups is 1. The van der Waals surface area contributed by atoms with Crippen LogP contribution >= 0.6 is 12.6 Å². The van der Waals surface area contributed by atoms with Crippen molar-refractivity contribution in [3.8, 4) is 0 Å². The van der Waals surface area contributed by atoms with Crippen LogP contribution in [0, 0.1) is 5.41 Å². The molecule has 10 amide bonds. The summed E-state index contributed by atoms with van der Waals surface area (Å²) in [7, 11) is 0. The van der Waals surface area contributed by atoms with E-state index in [-0.39, 0.29) is 88.9 Å². The number of hydrogen-bond acceptors (Lipinski definition) is 16. The molecule has 0 radical (unpaired) electrons. The summed E-state index contributed by atoms with van der Waals surface area (Å²) in [6.07, 6.45) is -0.571. The van der Waals surface area contributed by atoms with Gasteiger partial charge in [0.2, 0.25) is 59.1 Å². The van der Waals surface area contributed by atoms with Crippen LogP contribution in [0.4, 0.5) is 0 Å². The molecule has 0 fully saturated rings. The molecule has 3 aromatic rings. The summed E-state index contributed by atoms with van der Waals surface area (Å²) in [6, 6.07) is 2.01. The van der Waals surface area contributed by atoms with E-state index in [0.29, 0.717) is 28.5 Å². The number of guanidine groups is 3. The van der Waals surface area contributed by atoms with Gasteiger partial charge < -0.3 is 103 Å². The Morgan fingerprint density at radius 3 is 1.42 bits per heavy atom. The molecule has 0 unspecified atom stereocenters. The van der Waals surface area contributed by atoms with E-state index in [2.05, 4.69) is 80.4 Å². The number of carboxylic acid groups (broad SMARTS) is 1. The molecule has 2 aromatic carbocycles. The Morgan fingerprint density at radius 2 is 0.935 bits per heavy atom. The van der Waals surface area contributed by atoms with E-state index in [1.807, 2.05) is 0 Å². The molecule has 3 rings (SSSR count). The number of aromatic nitrogens is 1. The number of aliphatic hydroxyl groups excluding tert-OH is 1. The maximum absolute atomic E-state index is 14.9. The van der Waals surface area contributed by atoms with Gasteiger partial charge >= 0.3 is 5.97 Å². The third-order valence-corrected chi connectivity index (χ3v) is 14.6. The normalized spacial score (nSPS) is 14.4. The van der Waals surface area contributed by atoms with E-state index in [1.54, 1.807) is 81.6 Å². The van der Waals surface area contributed by atoms with Gasteiger partial charge in [-0.3, -0.25) is 62.9 Å². The number of aliphatic hydroxyl groups is 1. The summed E-state index contributed by atoms with van der Waals surface area (Å²) in [5.41, 5.74) is 39.1. The molecule has 0 spiro atoms. The largest absolute Gasteiger partial charge is 0.480 e. The predicted octanol–water partition coefficient (Wildman–Crippen LogP) is -4.41. The number of carboxylic acids is 1. The number of hydrogen-bond donors (Lipinski definition) is 20. The number of carbonyl (C=O) groups excluding carboxylic acids is 10. The third kappa shape index (κ3) is 28.1. The minimum atomic E-state index is -1.80. The number of carbonyl (C=O) groups is 11. The number of aromatic amines is 1. The summed E-state index contributed by atoms with van der Waals surface area (Å²) in [6.45, 7) is 7.42. The molecule has 0 aliphatic rings. The Balaban J connectivity index is 2.03. The van der Waals surface area contributed by atoms with Crippen LogP contribution in [-0.2, 0) is 65.6 Å². The molecule has 93 heavy (non-hydrogen) atoms. The van der Waals surface area contributed by atoms with Gasteiger partial charge in [-0.15, -0.1) is 0 Å². The highest BCUT2D eigenvalue weighted by Gasteiger charge is 2.38. The van der Waals surface area contributed by atoms with Crippen LogP contribution < -0.4 is 88.0 Å². The van der Waals surface area contributed by atoms with Crippen molar-refractivity contribution >= 4 is 106 Å². The Labute approximate surface area is 543 Å². The second-order valence-electron chi connectivity index (χ2n) is 23.1. The monoisotopic (exact) mass is 1320 g/mol. The topological polar surface area (TPSA) is 572 Å². The Bertz CT molecular complexity index is 3130. The fraction of sp³-hybridized carbons (Fsp3) is 0.525. The van der Waals surface area contributed by atoms with Crippen LogP contribution in [0.2, 0.25) is 0 Å². The second-order valence-corrected chi connectivity index (χ2v) is 23.5. The lowest BCUT2D eigenvalue weighted by atomic mass is 9.86. The van der Waals surface area contributed by atoms with E-state index in [1.165, 1.54) is 6.92 Å². The Morgan fingerprint density at radius 1 is 0.516 bits per heavy atom. The molecule has 1 heterocycles. The summed E-state index contributed by atoms with van der Waals surface area (Å²) >= 11 is 4.26. The lowest BCUT2D eigenvalue weighted by Gasteiger charge is -2.30. The van der Waals surface area contributed by atoms with Gasteiger partial charge in [0.25, 0.3) is 0 Å². The molecular formula is C59H92N20O13S. The van der Waals surface area contributed by atoms with Crippen molar-refractivity contribution in [3.05, 3.63) is 71.9 Å². The summed E-state index contributed by atoms with van der Waals surface area (Å²) in [5.74, 6) is -11.5. The lowest BCUT2D eigenvalue weighted by molar-refractivity contribution is -0.145. The molecule has 0 aliphatic carbocycles. The number of amides is 10. The Hall–Kier alpha value is -9.73. The fourth-order valence-corrected chi connectivity index (χ4v) is 9.70. The van der Waals surface area contributed by atoms with Gasteiger partial charge in [-0.1, -0.05) is 69.3 Å². The number of aliphatic carboxylic acids is 1. The van der Waals surface area contributed by atoms with Gasteiger partial charge in [0.15, 0.2) is 17.9 Å². The molecule has 33 nitrogen and oxygen atoms in total. The first-order valence-corrected chi connectivity index (χ1v) is 30.7. The fourth-order valence-electron chi connectivity index (χ4n) is 9.44. The average Bonchev–Trinajstić information content (AvgIpc) is 1.78. The second kappa shape index (κ2) is 38.8. The first kappa shape index (κ1) is 77.5. The van der Waals surface area contributed by atoms with E-state index in [9.17, 15) is 63.0 Å². The number of benzene rings is 2. The number of H-pyrrole nitrogens is 1. The van der Waals surface area contributed by atoms with Crippen molar-refractivity contribution < 1.29 is 63.0 Å². The molecule has 0 saturated carbocycles. The number of unbranched alkanes of at least 4 members (excludes halogenated alkanes) is 1. The number of nitrogens with zero attached hydrogens (tertiary/aromatic N) is 3. The zero-order valence-electron chi connectivity index (χ0n) is 52.9. The number of para-hydroxylation sites is 1. The maximum atomic E-state index is 14.9. The van der Waals surface area contributed by atoms with Crippen molar-refractivity contribution in [2.45, 2.75) is 166 Å². The van der Waals surface area contributed by atoms with Crippen LogP contribution in [0.5, 0.6) is 0 Å². The van der Waals surface area contributed by atoms with Crippen molar-refractivity contribution in [2.24, 2.45) is 60.5 Å². The lowest BCUT2D eigenvalue weighted by Crippen LogP contribution is -2.62. The van der Waals surface area contributed by atoms with Gasteiger partial charge in [-0.25, -0.2) is 4.79 Å². The molecule has 34 heteroatoms. The van der Waals surface area contributed by atoms with E-state index < -0.39 is 150 Å². The van der Waals surface area contributed by atoms with Gasteiger partial charge in [-0.05, 0) is 80.9 Å². The van der Waals surface area contributed by atoms with Gasteiger partial charge in [-0.2, -0.15) is 12.6 Å². The standard InChI is InChI=1S/C59H92N20O13S/c1-31(80)45(54(90)74-38(19-11-12-24-67-56(61)62)50(86)79-46(55(91)92)59(3,4)5)78-53(89)43(30-93)77-49(85)40(22-23-44(60)82)73-52(88)42(28-34-29-70-36-18-10-9-17-35(34)36)76-51(87)41(27-33-15-7-6-8-16-33)75-48(84)39(21-14-26-69-58(65)66)72-47(83)37(71-32(2)81)20-13-25-68-57(63)64/h6-10,15-18,29,31,37-43,45-46,70,80,93H,11-14,19-28,30H2,1-5H3,(H2,60,82)(H,71,81)(H,72,83)(H,73,88)(H,74,90)(H,75,84)(H,76,87)(H,77,85)(H,78,89)(H,79,86)(H,91,92)(H4,61,62,67)(H4,63,64,68)(H4,65,66,69)/t31-,37+,38+,39+,40+,41+,42+,43+,45+,46-/m1/s1. The average molecular weight is 1320 g/mol. The summed E-state index contributed by atoms with van der Waals surface area (Å²) in [5, 5.41) is 44.5. The summed E-state index contributed by atoms with van der Waals surface area (Å²) in [4.78, 5) is 166. The van der Waals surface area contributed by atoms with Crippen LogP contribution in [0.15, 0.2) is 75.8 Å². The highest BCUT2D eigenvalue weighted by molar-refractivity contribution is 7.80. The van der Waals surface area contributed by atoms with Crippen molar-refractivity contribution in [2.75, 3.05) is 25.4 Å². The molecule has 512 valence electrons. The summed E-state index contributed by atoms with van der Waals surface area (Å²) < 4.78 is 0. The molecule has 26 N–H and O–H groups in total. The van der Waals surface area contributed by atoms with Crippen LogP contribution in [0.1, 0.15) is 104 Å². The third-order valence-electron chi connectivity index (χ3n) is 14.3. The molecule has 0 aliphatic heterocycles. The predicted molar refractivity (Wildman–Crippen MR) is 351 cm³/mol. The van der Waals surface area contributed by atoms with Gasteiger partial charge in [0.05, 0.1) is 6.10 Å². The first-order valence-electron chi connectivity index (χ1n) is 30.1. The zero-order chi connectivity index (χ0) is 69.5. The zero-order valence-corrected chi connectivity index (χ0v) is 53.8. The van der Waals surface area contributed by atoms with Gasteiger partial charge in [0.1, 0.15) is 54.4 Å². The van der Waals surface area contributed by atoms with Crippen LogP contribution in [0.25, 0.3) is 10.9 Å². The maximum Gasteiger partial charge on any atom is 0.326 e. The van der Waals surface area contributed by atoms with Crippen molar-refractivity contribution in [1.29, 1.82) is 0 Å². The van der Waals surface area contributed by atoms with E-state index >= 15 is 0 Å². The molecule has 0 bridgehead atoms. The number of nitrogens with two attached hydrogens (primary N) is 7. The van der Waals surface area contributed by atoms with Crippen LogP contribution in [0.3, 0.4) is 0 Å². The van der Waals surface area contributed by atoms with E-state index in [0.717, 1.165) is 6.92 Å². The highest BCUT2D eigenvalue weighted by Crippen LogP contribution is 2.22. The van der Waals surface area contributed by atoms with E-state index in [4.69, 9.17) is 40.1 Å². The molecule has 10 atom stereocenters. The number of primary amides is 1. The Kier molecular flexibility index (Phi) is 32.4. The van der Waals surface area contributed by atoms with Gasteiger partial charge in [0, 0.05) is 68.7 Å². The SMILES string of the molecule is CC(=O)N[C@@H](CCCN=C(N)N)C(=O)N[C@@H](CCCN=C(N)N)C(=O)N[C@@H](Cc1ccccc1)C(=O)N[C@@H](Cc1c[nH]c2ccccc12)C(=O)N[C@@H](CCC(N)=O)C(=O)N[C@@H](CS)C(=O)N[C@H](C(=O)N[C@@H](CCCCN=C(N)N)C(=O)N[C@H](C(=O)O)C(C)(C)C)[C@@H](C)O. The molecular weight excluding hydrogens is 1230 g/mol. The number of aliphatic imine (C=N–C) groups is 3. The van der Waals surface area contributed by atoms with Crippen molar-refractivity contribution in [3.63, 3.8) is 0 Å². The minimum Gasteiger partial charge on any atom is -0.480 e. The smallest absolute Gasteiger partial charge is 0.326 e. The highest BCUT2D eigenvalue weighted by atomic mass is 32.1. The number of fused-ring (bicyclic) bond motifs is 1. The number of rotatable bonds is 40. The minimum absolute atomic E-state index is 0.0319. The van der Waals surface area contributed by atoms with Crippen LogP contribution in [-0.4, -0.2) is 184 Å². The molecule has 1 aromatic heterocycles. The first-order chi connectivity index (χ1) is 43.8. The van der Waals surface area contributed by atoms with Crippen molar-refractivity contribution in [1.82, 2.24) is 52.8 Å². The quantitative estimate of drug-likeness (QED) is 0.0111. The molecule has 0 saturated heterocycles.